The van der Waals surface area contributed by atoms with Gasteiger partial charge in [-0.2, -0.15) is 0 Å². The molecule has 98 valence electrons. The lowest BCUT2D eigenvalue weighted by Crippen LogP contribution is -2.14. The maximum atomic E-state index is 13.7. The number of rotatable bonds is 2. The molecular formula is C15H15FN2O. The molecule has 0 bridgehead atoms. The molecule has 0 unspecified atom stereocenters. The summed E-state index contributed by atoms with van der Waals surface area (Å²) in [5.41, 5.74) is 9.95. The summed E-state index contributed by atoms with van der Waals surface area (Å²) in [6.07, 6.45) is 0. The molecule has 0 amide bonds. The van der Waals surface area contributed by atoms with E-state index in [0.717, 1.165) is 23.5 Å². The second-order valence-corrected chi connectivity index (χ2v) is 4.66. The van der Waals surface area contributed by atoms with E-state index < -0.39 is 0 Å². The molecule has 0 saturated heterocycles. The number of ether oxygens (including phenoxy) is 1. The van der Waals surface area contributed by atoms with Crippen molar-refractivity contribution in [2.24, 2.45) is 0 Å². The lowest BCUT2D eigenvalue weighted by Gasteiger charge is -2.18. The van der Waals surface area contributed by atoms with Crippen LogP contribution in [0.4, 0.5) is 15.8 Å². The Balaban J connectivity index is 1.91. The maximum Gasteiger partial charge on any atom is 0.167 e. The van der Waals surface area contributed by atoms with Crippen molar-refractivity contribution >= 4 is 11.4 Å². The Morgan fingerprint density at radius 2 is 2.05 bits per heavy atom. The standard InChI is InChI=1S/C15H15FN2O/c1-19-15-6-5-11(7-13(15)16)18-8-10-3-2-4-14(17)12(10)9-18/h2-7H,8-9,17H2,1H3. The van der Waals surface area contributed by atoms with Crippen LogP contribution in [-0.2, 0) is 13.1 Å². The van der Waals surface area contributed by atoms with E-state index >= 15 is 0 Å². The van der Waals surface area contributed by atoms with E-state index in [1.807, 2.05) is 18.2 Å². The highest BCUT2D eigenvalue weighted by Crippen LogP contribution is 2.33. The average molecular weight is 258 g/mol. The van der Waals surface area contributed by atoms with Gasteiger partial charge in [0.25, 0.3) is 0 Å². The molecule has 0 aromatic heterocycles. The molecular weight excluding hydrogens is 243 g/mol. The second kappa shape index (κ2) is 4.46. The minimum atomic E-state index is -0.344. The molecule has 4 heteroatoms. The number of nitrogen functional groups attached to an aromatic ring is 1. The number of nitrogens with zero attached hydrogens (tertiary/aromatic N) is 1. The smallest absolute Gasteiger partial charge is 0.167 e. The molecule has 0 saturated carbocycles. The number of hydrogen-bond donors (Lipinski definition) is 1. The van der Waals surface area contributed by atoms with Gasteiger partial charge >= 0.3 is 0 Å². The average Bonchev–Trinajstić information content (AvgIpc) is 2.84. The van der Waals surface area contributed by atoms with Crippen molar-refractivity contribution in [1.29, 1.82) is 0 Å². The molecule has 2 aromatic rings. The topological polar surface area (TPSA) is 38.5 Å². The lowest BCUT2D eigenvalue weighted by molar-refractivity contribution is 0.386. The van der Waals surface area contributed by atoms with Crippen LogP contribution in [0.5, 0.6) is 5.75 Å². The van der Waals surface area contributed by atoms with E-state index in [-0.39, 0.29) is 11.6 Å². The van der Waals surface area contributed by atoms with Crippen molar-refractivity contribution in [2.75, 3.05) is 17.7 Å². The quantitative estimate of drug-likeness (QED) is 0.842. The molecule has 3 nitrogen and oxygen atoms in total. The lowest BCUT2D eigenvalue weighted by atomic mass is 10.1. The van der Waals surface area contributed by atoms with Crippen LogP contribution in [0, 0.1) is 5.82 Å². The molecule has 3 rings (SSSR count). The number of halogens is 1. The van der Waals surface area contributed by atoms with Gasteiger partial charge in [-0.05, 0) is 29.3 Å². The molecule has 1 aliphatic rings. The third kappa shape index (κ3) is 1.99. The second-order valence-electron chi connectivity index (χ2n) is 4.66. The van der Waals surface area contributed by atoms with E-state index in [1.54, 1.807) is 6.07 Å². The number of benzene rings is 2. The van der Waals surface area contributed by atoms with Crippen molar-refractivity contribution in [3.05, 3.63) is 53.3 Å². The summed E-state index contributed by atoms with van der Waals surface area (Å²) in [5.74, 6) is -0.0797. The first-order valence-corrected chi connectivity index (χ1v) is 6.14. The van der Waals surface area contributed by atoms with Crippen LogP contribution >= 0.6 is 0 Å². The first kappa shape index (κ1) is 11.8. The molecule has 0 fully saturated rings. The van der Waals surface area contributed by atoms with Crippen molar-refractivity contribution in [3.63, 3.8) is 0 Å². The van der Waals surface area contributed by atoms with Crippen molar-refractivity contribution < 1.29 is 9.13 Å². The minimum Gasteiger partial charge on any atom is -0.494 e. The van der Waals surface area contributed by atoms with Crippen LogP contribution in [0.25, 0.3) is 0 Å². The van der Waals surface area contributed by atoms with Gasteiger partial charge in [0.15, 0.2) is 11.6 Å². The first-order valence-electron chi connectivity index (χ1n) is 6.14. The molecule has 0 radical (unpaired) electrons. The highest BCUT2D eigenvalue weighted by molar-refractivity contribution is 5.60. The van der Waals surface area contributed by atoms with Crippen molar-refractivity contribution in [2.45, 2.75) is 13.1 Å². The third-order valence-corrected chi connectivity index (χ3v) is 3.52. The zero-order chi connectivity index (χ0) is 13.4. The van der Waals surface area contributed by atoms with Crippen LogP contribution < -0.4 is 15.4 Å². The van der Waals surface area contributed by atoms with Crippen molar-refractivity contribution in [3.8, 4) is 5.75 Å². The van der Waals surface area contributed by atoms with E-state index in [2.05, 4.69) is 11.0 Å². The van der Waals surface area contributed by atoms with Gasteiger partial charge in [0.1, 0.15) is 0 Å². The van der Waals surface area contributed by atoms with Crippen LogP contribution in [0.1, 0.15) is 11.1 Å². The summed E-state index contributed by atoms with van der Waals surface area (Å²) in [6, 6.07) is 10.9. The Kier molecular flexibility index (Phi) is 2.78. The molecule has 2 N–H and O–H groups in total. The minimum absolute atomic E-state index is 0.264. The highest BCUT2D eigenvalue weighted by atomic mass is 19.1. The Morgan fingerprint density at radius 3 is 2.74 bits per heavy atom. The fourth-order valence-electron chi connectivity index (χ4n) is 2.48. The van der Waals surface area contributed by atoms with E-state index in [4.69, 9.17) is 10.5 Å². The fraction of sp³-hybridized carbons (Fsp3) is 0.200. The van der Waals surface area contributed by atoms with Gasteiger partial charge in [0.05, 0.1) is 7.11 Å². The molecule has 2 aromatic carbocycles. The fourth-order valence-corrected chi connectivity index (χ4v) is 2.48. The molecule has 1 aliphatic heterocycles. The number of anilines is 2. The summed E-state index contributed by atoms with van der Waals surface area (Å²) >= 11 is 0. The highest BCUT2D eigenvalue weighted by Gasteiger charge is 2.21. The Bertz CT molecular complexity index is 628. The predicted molar refractivity (Wildman–Crippen MR) is 73.7 cm³/mol. The summed E-state index contributed by atoms with van der Waals surface area (Å²) in [7, 11) is 1.46. The van der Waals surface area contributed by atoms with Gasteiger partial charge in [0.2, 0.25) is 0 Å². The Labute approximate surface area is 111 Å². The summed E-state index contributed by atoms with van der Waals surface area (Å²) in [6.45, 7) is 1.47. The summed E-state index contributed by atoms with van der Waals surface area (Å²) < 4.78 is 18.7. The van der Waals surface area contributed by atoms with Crippen LogP contribution in [0.2, 0.25) is 0 Å². The van der Waals surface area contributed by atoms with Gasteiger partial charge in [-0.3, -0.25) is 0 Å². The number of fused-ring (bicyclic) bond motifs is 1. The van der Waals surface area contributed by atoms with Crippen LogP contribution in [0.3, 0.4) is 0 Å². The largest absolute Gasteiger partial charge is 0.494 e. The normalized spacial score (nSPS) is 13.5. The maximum absolute atomic E-state index is 13.7. The monoisotopic (exact) mass is 258 g/mol. The van der Waals surface area contributed by atoms with Crippen molar-refractivity contribution in [1.82, 2.24) is 0 Å². The number of hydrogen-bond acceptors (Lipinski definition) is 3. The third-order valence-electron chi connectivity index (χ3n) is 3.52. The molecule has 0 spiro atoms. The zero-order valence-electron chi connectivity index (χ0n) is 10.7. The predicted octanol–water partition coefficient (Wildman–Crippen LogP) is 2.94. The van der Waals surface area contributed by atoms with Gasteiger partial charge < -0.3 is 15.4 Å². The first-order chi connectivity index (χ1) is 9.19. The number of nitrogens with two attached hydrogens (primary N) is 1. The Hall–Kier alpha value is -2.23. The van der Waals surface area contributed by atoms with E-state index in [9.17, 15) is 4.39 Å². The van der Waals surface area contributed by atoms with Crippen LogP contribution in [-0.4, -0.2) is 7.11 Å². The zero-order valence-corrected chi connectivity index (χ0v) is 10.7. The van der Waals surface area contributed by atoms with Gasteiger partial charge in [-0.25, -0.2) is 4.39 Å². The molecule has 19 heavy (non-hydrogen) atoms. The molecule has 0 aliphatic carbocycles. The molecule has 1 heterocycles. The van der Waals surface area contributed by atoms with E-state index in [1.165, 1.54) is 18.7 Å². The number of methoxy groups -OCH3 is 1. The van der Waals surface area contributed by atoms with E-state index in [0.29, 0.717) is 6.54 Å². The summed E-state index contributed by atoms with van der Waals surface area (Å²) in [4.78, 5) is 2.10. The Morgan fingerprint density at radius 1 is 1.21 bits per heavy atom. The molecule has 0 atom stereocenters. The van der Waals surface area contributed by atoms with Gasteiger partial charge in [-0.15, -0.1) is 0 Å². The van der Waals surface area contributed by atoms with Gasteiger partial charge in [0, 0.05) is 30.5 Å². The SMILES string of the molecule is COc1ccc(N2Cc3cccc(N)c3C2)cc1F. The van der Waals surface area contributed by atoms with Gasteiger partial charge in [-0.1, -0.05) is 12.1 Å². The summed E-state index contributed by atoms with van der Waals surface area (Å²) in [5, 5.41) is 0. The van der Waals surface area contributed by atoms with Crippen LogP contribution in [0.15, 0.2) is 36.4 Å².